The predicted molar refractivity (Wildman–Crippen MR) is 116 cm³/mol. The number of aliphatic imine (C=N–C) groups is 1. The van der Waals surface area contributed by atoms with Gasteiger partial charge in [-0.2, -0.15) is 0 Å². The second-order valence-corrected chi connectivity index (χ2v) is 5.65. The molecule has 0 rings (SSSR count). The summed E-state index contributed by atoms with van der Waals surface area (Å²) in [6.07, 6.45) is 1.49. The largest absolute Gasteiger partial charge is 0.383 e. The van der Waals surface area contributed by atoms with Gasteiger partial charge < -0.3 is 25.2 Å². The Labute approximate surface area is 171 Å². The molecular formula is C17H38IN5O2. The third kappa shape index (κ3) is 14.3. The van der Waals surface area contributed by atoms with Crippen molar-refractivity contribution in [1.82, 2.24) is 20.4 Å². The standard InChI is InChI=1S/C17H37N5O2.HI/c1-6-18-17(19-11-9-13-21(4)14-15-24-5)20-12-10-16(23)22(7-2)8-3;/h6-15H2,1-5H3,(H2,18,19,20);1H. The van der Waals surface area contributed by atoms with Crippen LogP contribution in [0.25, 0.3) is 0 Å². The Kier molecular flexibility index (Phi) is 19.4. The van der Waals surface area contributed by atoms with Crippen LogP contribution in [0.3, 0.4) is 0 Å². The monoisotopic (exact) mass is 471 g/mol. The molecule has 150 valence electrons. The molecule has 0 aromatic carbocycles. The van der Waals surface area contributed by atoms with Gasteiger partial charge in [-0.3, -0.25) is 9.79 Å². The van der Waals surface area contributed by atoms with Crippen molar-refractivity contribution < 1.29 is 9.53 Å². The van der Waals surface area contributed by atoms with Crippen LogP contribution in [0, 0.1) is 0 Å². The van der Waals surface area contributed by atoms with Gasteiger partial charge in [-0.05, 0) is 40.8 Å². The first-order valence-electron chi connectivity index (χ1n) is 9.06. The molecule has 0 aliphatic rings. The number of halogens is 1. The van der Waals surface area contributed by atoms with Gasteiger partial charge in [0.2, 0.25) is 5.91 Å². The maximum atomic E-state index is 12.0. The van der Waals surface area contributed by atoms with Crippen LogP contribution < -0.4 is 10.6 Å². The highest BCUT2D eigenvalue weighted by Crippen LogP contribution is 1.93. The number of guanidine groups is 1. The van der Waals surface area contributed by atoms with Crippen LogP contribution >= 0.6 is 24.0 Å². The molecule has 0 radical (unpaired) electrons. The predicted octanol–water partition coefficient (Wildman–Crippen LogP) is 1.39. The summed E-state index contributed by atoms with van der Waals surface area (Å²) in [5.41, 5.74) is 0. The Morgan fingerprint density at radius 1 is 1.12 bits per heavy atom. The number of hydrogen-bond acceptors (Lipinski definition) is 4. The average molecular weight is 471 g/mol. The van der Waals surface area contributed by atoms with Crippen molar-refractivity contribution in [3.63, 3.8) is 0 Å². The number of rotatable bonds is 13. The number of amides is 1. The van der Waals surface area contributed by atoms with Gasteiger partial charge in [0.1, 0.15) is 0 Å². The normalized spacial score (nSPS) is 11.2. The SMILES string of the molecule is CCNC(=NCCCN(C)CCOC)NCCC(=O)N(CC)CC.I. The van der Waals surface area contributed by atoms with Crippen molar-refractivity contribution in [2.24, 2.45) is 4.99 Å². The van der Waals surface area contributed by atoms with E-state index in [1.807, 2.05) is 25.7 Å². The first-order valence-corrected chi connectivity index (χ1v) is 9.06. The van der Waals surface area contributed by atoms with Gasteiger partial charge in [0.15, 0.2) is 5.96 Å². The van der Waals surface area contributed by atoms with Crippen molar-refractivity contribution in [3.05, 3.63) is 0 Å². The Balaban J connectivity index is 0. The lowest BCUT2D eigenvalue weighted by Gasteiger charge is -2.19. The molecule has 0 aliphatic carbocycles. The van der Waals surface area contributed by atoms with E-state index in [-0.39, 0.29) is 29.9 Å². The minimum Gasteiger partial charge on any atom is -0.383 e. The molecule has 0 aromatic heterocycles. The first kappa shape index (κ1) is 26.6. The first-order chi connectivity index (χ1) is 11.6. The van der Waals surface area contributed by atoms with E-state index in [1.54, 1.807) is 7.11 Å². The summed E-state index contributed by atoms with van der Waals surface area (Å²) in [5.74, 6) is 0.965. The summed E-state index contributed by atoms with van der Waals surface area (Å²) in [6.45, 7) is 12.4. The maximum absolute atomic E-state index is 12.0. The van der Waals surface area contributed by atoms with Crippen LogP contribution in [-0.4, -0.2) is 88.2 Å². The molecule has 0 aromatic rings. The number of nitrogens with zero attached hydrogens (tertiary/aromatic N) is 3. The van der Waals surface area contributed by atoms with E-state index >= 15 is 0 Å². The summed E-state index contributed by atoms with van der Waals surface area (Å²) in [4.78, 5) is 20.6. The zero-order valence-corrected chi connectivity index (χ0v) is 19.0. The number of nitrogens with one attached hydrogen (secondary N) is 2. The number of hydrogen-bond donors (Lipinski definition) is 2. The van der Waals surface area contributed by atoms with E-state index in [1.165, 1.54) is 0 Å². The third-order valence-electron chi connectivity index (χ3n) is 3.74. The molecule has 1 amide bonds. The fourth-order valence-corrected chi connectivity index (χ4v) is 2.25. The molecule has 0 aliphatic heterocycles. The summed E-state index contributed by atoms with van der Waals surface area (Å²) in [5, 5.41) is 6.45. The Morgan fingerprint density at radius 3 is 2.36 bits per heavy atom. The molecule has 8 heteroatoms. The number of likely N-dealkylation sites (N-methyl/N-ethyl adjacent to an activating group) is 1. The lowest BCUT2D eigenvalue weighted by atomic mass is 10.3. The molecule has 0 atom stereocenters. The van der Waals surface area contributed by atoms with Crippen LogP contribution in [0.15, 0.2) is 4.99 Å². The summed E-state index contributed by atoms with van der Waals surface area (Å²) in [6, 6.07) is 0. The van der Waals surface area contributed by atoms with Crippen molar-refractivity contribution in [2.75, 3.05) is 66.6 Å². The van der Waals surface area contributed by atoms with Gasteiger partial charge in [-0.15, -0.1) is 24.0 Å². The Hall–Kier alpha value is -0.610. The highest BCUT2D eigenvalue weighted by molar-refractivity contribution is 14.0. The molecular weight excluding hydrogens is 433 g/mol. The van der Waals surface area contributed by atoms with E-state index in [9.17, 15) is 4.79 Å². The Bertz CT molecular complexity index is 352. The van der Waals surface area contributed by atoms with E-state index < -0.39 is 0 Å². The molecule has 0 spiro atoms. The Morgan fingerprint density at radius 2 is 1.80 bits per heavy atom. The molecule has 0 heterocycles. The fraction of sp³-hybridized carbons (Fsp3) is 0.882. The van der Waals surface area contributed by atoms with Gasteiger partial charge in [0.25, 0.3) is 0 Å². The zero-order valence-electron chi connectivity index (χ0n) is 16.6. The molecule has 2 N–H and O–H groups in total. The number of carbonyl (C=O) groups is 1. The zero-order chi connectivity index (χ0) is 18.2. The van der Waals surface area contributed by atoms with Crippen molar-refractivity contribution in [1.29, 1.82) is 0 Å². The topological polar surface area (TPSA) is 69.2 Å². The quantitative estimate of drug-likeness (QED) is 0.184. The summed E-state index contributed by atoms with van der Waals surface area (Å²) >= 11 is 0. The van der Waals surface area contributed by atoms with Gasteiger partial charge in [0, 0.05) is 52.8 Å². The van der Waals surface area contributed by atoms with Crippen LogP contribution in [-0.2, 0) is 9.53 Å². The molecule has 25 heavy (non-hydrogen) atoms. The molecule has 7 nitrogen and oxygen atoms in total. The molecule has 0 fully saturated rings. The highest BCUT2D eigenvalue weighted by atomic mass is 127. The minimum absolute atomic E-state index is 0. The van der Waals surface area contributed by atoms with Crippen molar-refractivity contribution >= 4 is 35.8 Å². The number of ether oxygens (including phenoxy) is 1. The van der Waals surface area contributed by atoms with Gasteiger partial charge in [-0.1, -0.05) is 0 Å². The molecule has 0 saturated heterocycles. The number of methoxy groups -OCH3 is 1. The molecule has 0 unspecified atom stereocenters. The van der Waals surface area contributed by atoms with Crippen LogP contribution in [0.1, 0.15) is 33.6 Å². The number of carbonyl (C=O) groups excluding carboxylic acids is 1. The second kappa shape index (κ2) is 18.2. The van der Waals surface area contributed by atoms with Gasteiger partial charge >= 0.3 is 0 Å². The van der Waals surface area contributed by atoms with Crippen molar-refractivity contribution in [3.8, 4) is 0 Å². The van der Waals surface area contributed by atoms with Gasteiger partial charge in [-0.25, -0.2) is 0 Å². The average Bonchev–Trinajstić information content (AvgIpc) is 2.57. The van der Waals surface area contributed by atoms with E-state index in [2.05, 4.69) is 27.6 Å². The second-order valence-electron chi connectivity index (χ2n) is 5.65. The maximum Gasteiger partial charge on any atom is 0.224 e. The van der Waals surface area contributed by atoms with Gasteiger partial charge in [0.05, 0.1) is 6.61 Å². The van der Waals surface area contributed by atoms with E-state index in [0.717, 1.165) is 58.3 Å². The third-order valence-corrected chi connectivity index (χ3v) is 3.74. The van der Waals surface area contributed by atoms with E-state index in [4.69, 9.17) is 4.74 Å². The lowest BCUT2D eigenvalue weighted by Crippen LogP contribution is -2.40. The van der Waals surface area contributed by atoms with Crippen molar-refractivity contribution in [2.45, 2.75) is 33.6 Å². The lowest BCUT2D eigenvalue weighted by molar-refractivity contribution is -0.130. The smallest absolute Gasteiger partial charge is 0.224 e. The van der Waals surface area contributed by atoms with Crippen LogP contribution in [0.4, 0.5) is 0 Å². The van der Waals surface area contributed by atoms with E-state index in [0.29, 0.717) is 13.0 Å². The fourth-order valence-electron chi connectivity index (χ4n) is 2.25. The molecule has 0 bridgehead atoms. The summed E-state index contributed by atoms with van der Waals surface area (Å²) in [7, 11) is 3.81. The summed E-state index contributed by atoms with van der Waals surface area (Å²) < 4.78 is 5.07. The van der Waals surface area contributed by atoms with Crippen LogP contribution in [0.2, 0.25) is 0 Å². The van der Waals surface area contributed by atoms with Crippen LogP contribution in [0.5, 0.6) is 0 Å². The molecule has 0 saturated carbocycles. The minimum atomic E-state index is 0. The highest BCUT2D eigenvalue weighted by Gasteiger charge is 2.09.